The first-order valence-electron chi connectivity index (χ1n) is 2.12. The third-order valence-corrected chi connectivity index (χ3v) is 0.934. The van der Waals surface area contributed by atoms with Crippen molar-refractivity contribution in [3.63, 3.8) is 0 Å². The average molecular weight is 117 g/mol. The van der Waals surface area contributed by atoms with Gasteiger partial charge >= 0.3 is 0 Å². The summed E-state index contributed by atoms with van der Waals surface area (Å²) in [5.41, 5.74) is 7.74. The lowest BCUT2D eigenvalue weighted by Crippen LogP contribution is -1.76. The van der Waals surface area contributed by atoms with Crippen LogP contribution in [0.15, 0.2) is 5.11 Å². The van der Waals surface area contributed by atoms with E-state index in [1.165, 1.54) is 0 Å². The molecule has 3 nitrogen and oxygen atoms in total. The minimum Gasteiger partial charge on any atom is -0.138 e. The molecule has 0 radical (unpaired) electrons. The van der Waals surface area contributed by atoms with E-state index in [0.717, 1.165) is 12.6 Å². The quantitative estimate of drug-likeness (QED) is 0.177. The highest BCUT2D eigenvalue weighted by Crippen LogP contribution is 1.86. The maximum Gasteiger partial charge on any atom is 0.0261 e. The van der Waals surface area contributed by atoms with Crippen LogP contribution in [0.1, 0.15) is 6.42 Å². The number of azide groups is 1. The fourth-order valence-corrected chi connectivity index (χ4v) is 0.389. The molecule has 0 saturated heterocycles. The maximum atomic E-state index is 7.74. The predicted octanol–water partition coefficient (Wildman–Crippen LogP) is 1.56. The number of hydrogen-bond donors (Lipinski definition) is 0. The van der Waals surface area contributed by atoms with E-state index in [9.17, 15) is 0 Å². The summed E-state index contributed by atoms with van der Waals surface area (Å²) in [6.45, 7) is 0.625. The Bertz CT molecular complexity index is 76.2. The molecule has 7 heavy (non-hydrogen) atoms. The van der Waals surface area contributed by atoms with Gasteiger partial charge in [0, 0.05) is 11.5 Å². The highest BCUT2D eigenvalue weighted by atomic mass is 31.0. The summed E-state index contributed by atoms with van der Waals surface area (Å²) in [5, 5.41) is 3.33. The average Bonchev–Trinajstić information content (AvgIpc) is 1.69. The molecule has 0 heterocycles. The predicted molar refractivity (Wildman–Crippen MR) is 33.2 cm³/mol. The Morgan fingerprint density at radius 3 is 2.86 bits per heavy atom. The highest BCUT2D eigenvalue weighted by Gasteiger charge is 1.74. The van der Waals surface area contributed by atoms with Crippen LogP contribution in [0.4, 0.5) is 0 Å². The Morgan fingerprint density at radius 2 is 2.43 bits per heavy atom. The lowest BCUT2D eigenvalue weighted by molar-refractivity contribution is 0.933. The second-order valence-corrected chi connectivity index (χ2v) is 1.67. The van der Waals surface area contributed by atoms with Gasteiger partial charge in [0.05, 0.1) is 0 Å². The summed E-state index contributed by atoms with van der Waals surface area (Å²) < 4.78 is 0. The molecule has 0 aliphatic rings. The van der Waals surface area contributed by atoms with Gasteiger partial charge in [-0.3, -0.25) is 0 Å². The van der Waals surface area contributed by atoms with Crippen LogP contribution in [0.25, 0.3) is 10.4 Å². The zero-order valence-electron chi connectivity index (χ0n) is 4.04. The van der Waals surface area contributed by atoms with Gasteiger partial charge in [0.2, 0.25) is 0 Å². The molecule has 0 aromatic heterocycles. The van der Waals surface area contributed by atoms with Crippen molar-refractivity contribution in [2.45, 2.75) is 6.42 Å². The largest absolute Gasteiger partial charge is 0.138 e. The minimum absolute atomic E-state index is 0.625. The van der Waals surface area contributed by atoms with Gasteiger partial charge in [-0.1, -0.05) is 5.11 Å². The normalized spacial score (nSPS) is 7.57. The van der Waals surface area contributed by atoms with Crippen LogP contribution in [-0.4, -0.2) is 12.7 Å². The number of rotatable bonds is 3. The molecular weight excluding hydrogens is 109 g/mol. The summed E-state index contributed by atoms with van der Waals surface area (Å²) >= 11 is 0. The Balaban J connectivity index is 2.83. The Morgan fingerprint density at radius 1 is 1.71 bits per heavy atom. The van der Waals surface area contributed by atoms with E-state index in [1.807, 2.05) is 0 Å². The van der Waals surface area contributed by atoms with E-state index in [1.54, 1.807) is 0 Å². The van der Waals surface area contributed by atoms with Gasteiger partial charge < -0.3 is 0 Å². The zero-order chi connectivity index (χ0) is 5.54. The van der Waals surface area contributed by atoms with E-state index in [-0.39, 0.29) is 0 Å². The molecule has 0 aliphatic heterocycles. The molecule has 0 N–H and O–H groups in total. The lowest BCUT2D eigenvalue weighted by atomic mass is 10.5. The van der Waals surface area contributed by atoms with Gasteiger partial charge in [0.25, 0.3) is 0 Å². The molecule has 0 amide bonds. The molecule has 0 spiro atoms. The van der Waals surface area contributed by atoms with E-state index in [0.29, 0.717) is 6.54 Å². The number of hydrogen-bond acceptors (Lipinski definition) is 1. The second kappa shape index (κ2) is 5.74. The van der Waals surface area contributed by atoms with Crippen molar-refractivity contribution in [3.05, 3.63) is 10.4 Å². The van der Waals surface area contributed by atoms with Crippen molar-refractivity contribution >= 4 is 9.24 Å². The van der Waals surface area contributed by atoms with E-state index in [4.69, 9.17) is 5.53 Å². The van der Waals surface area contributed by atoms with Crippen molar-refractivity contribution in [2.75, 3.05) is 12.7 Å². The highest BCUT2D eigenvalue weighted by molar-refractivity contribution is 7.16. The molecule has 0 aliphatic carbocycles. The molecule has 0 rings (SSSR count). The molecule has 40 valence electrons. The van der Waals surface area contributed by atoms with Crippen molar-refractivity contribution in [2.24, 2.45) is 5.11 Å². The number of nitrogens with zero attached hydrogens (tertiary/aromatic N) is 3. The Hall–Kier alpha value is -0.260. The van der Waals surface area contributed by atoms with Crippen molar-refractivity contribution in [3.8, 4) is 0 Å². The van der Waals surface area contributed by atoms with Gasteiger partial charge in [-0.2, -0.15) is 0 Å². The van der Waals surface area contributed by atoms with Crippen molar-refractivity contribution in [1.82, 2.24) is 0 Å². The molecule has 0 aromatic carbocycles. The maximum absolute atomic E-state index is 7.74. The minimum atomic E-state index is 0.625. The Kier molecular flexibility index (Phi) is 5.53. The molecule has 0 aromatic rings. The van der Waals surface area contributed by atoms with E-state index in [2.05, 4.69) is 19.3 Å². The molecule has 1 unspecified atom stereocenters. The summed E-state index contributed by atoms with van der Waals surface area (Å²) in [6, 6.07) is 0. The molecule has 0 bridgehead atoms. The summed E-state index contributed by atoms with van der Waals surface area (Å²) in [4.78, 5) is 2.59. The summed E-state index contributed by atoms with van der Waals surface area (Å²) in [5.74, 6) is 0. The van der Waals surface area contributed by atoms with Gasteiger partial charge in [0.1, 0.15) is 0 Å². The van der Waals surface area contributed by atoms with Gasteiger partial charge in [-0.05, 0) is 18.1 Å². The van der Waals surface area contributed by atoms with Crippen LogP contribution in [0.2, 0.25) is 0 Å². The molecular formula is C3H8N3P. The summed E-state index contributed by atoms with van der Waals surface area (Å²) in [7, 11) is 2.57. The second-order valence-electron chi connectivity index (χ2n) is 1.10. The van der Waals surface area contributed by atoms with Gasteiger partial charge in [-0.25, -0.2) is 0 Å². The van der Waals surface area contributed by atoms with Crippen LogP contribution in [0, 0.1) is 0 Å². The first-order valence-corrected chi connectivity index (χ1v) is 2.94. The summed E-state index contributed by atoms with van der Waals surface area (Å²) in [6.07, 6.45) is 1.98. The third-order valence-electron chi connectivity index (χ3n) is 0.525. The monoisotopic (exact) mass is 117 g/mol. The molecule has 0 fully saturated rings. The van der Waals surface area contributed by atoms with Gasteiger partial charge in [0.15, 0.2) is 0 Å². The van der Waals surface area contributed by atoms with Crippen LogP contribution < -0.4 is 0 Å². The third kappa shape index (κ3) is 5.74. The zero-order valence-corrected chi connectivity index (χ0v) is 5.20. The van der Waals surface area contributed by atoms with Crippen LogP contribution in [0.5, 0.6) is 0 Å². The van der Waals surface area contributed by atoms with Crippen molar-refractivity contribution in [1.29, 1.82) is 0 Å². The van der Waals surface area contributed by atoms with E-state index >= 15 is 0 Å². The Labute approximate surface area is 44.9 Å². The van der Waals surface area contributed by atoms with Crippen LogP contribution >= 0.6 is 9.24 Å². The molecule has 4 heteroatoms. The molecule has 0 saturated carbocycles. The fourth-order valence-electron chi connectivity index (χ4n) is 0.207. The smallest absolute Gasteiger partial charge is 0.0261 e. The first kappa shape index (κ1) is 6.74. The van der Waals surface area contributed by atoms with Gasteiger partial charge in [-0.15, -0.1) is 9.24 Å². The topological polar surface area (TPSA) is 48.8 Å². The van der Waals surface area contributed by atoms with Crippen molar-refractivity contribution < 1.29 is 0 Å². The molecule has 1 atom stereocenters. The lowest BCUT2D eigenvalue weighted by Gasteiger charge is -1.80. The first-order chi connectivity index (χ1) is 3.41. The fraction of sp³-hybridized carbons (Fsp3) is 1.00. The van der Waals surface area contributed by atoms with Crippen LogP contribution in [-0.2, 0) is 0 Å². The SMILES string of the molecule is [N-]=[N+]=NCCCP. The van der Waals surface area contributed by atoms with Crippen LogP contribution in [0.3, 0.4) is 0 Å². The van der Waals surface area contributed by atoms with E-state index < -0.39 is 0 Å². The standard InChI is InChI=1S/C3H8N3P/c4-6-5-2-1-3-7/h1-3,7H2.